The van der Waals surface area contributed by atoms with Crippen molar-refractivity contribution in [3.63, 3.8) is 0 Å². The summed E-state index contributed by atoms with van der Waals surface area (Å²) in [7, 11) is 0. The third-order valence-corrected chi connectivity index (χ3v) is 4.35. The molecule has 100 valence electrons. The summed E-state index contributed by atoms with van der Waals surface area (Å²) in [4.78, 5) is 5.65. The lowest BCUT2D eigenvalue weighted by Crippen LogP contribution is -2.53. The molecule has 0 aromatic carbocycles. The lowest BCUT2D eigenvalue weighted by Gasteiger charge is -2.38. The molecule has 1 aliphatic heterocycles. The highest BCUT2D eigenvalue weighted by molar-refractivity contribution is 7.98. The van der Waals surface area contributed by atoms with Gasteiger partial charge in [-0.2, -0.15) is 11.8 Å². The summed E-state index contributed by atoms with van der Waals surface area (Å²) in [5.41, 5.74) is 5.78. The first-order valence-electron chi connectivity index (χ1n) is 6.43. The van der Waals surface area contributed by atoms with Crippen LogP contribution >= 0.6 is 24.0 Å². The molecule has 3 nitrogen and oxygen atoms in total. The largest absolute Gasteiger partial charge is 0.392 e. The van der Waals surface area contributed by atoms with Crippen LogP contribution in [-0.4, -0.2) is 65.6 Å². The standard InChI is InChI=1S/C12H25N3S2/c1-3-11(12(13)16)15-8-6-14(7-9-15)5-4-10-17-2/h11H,3-10H2,1-2H3,(H2,13,16). The lowest BCUT2D eigenvalue weighted by molar-refractivity contribution is 0.117. The summed E-state index contributed by atoms with van der Waals surface area (Å²) in [6.07, 6.45) is 4.50. The summed E-state index contributed by atoms with van der Waals surface area (Å²) in [6.45, 7) is 7.93. The van der Waals surface area contributed by atoms with Crippen molar-refractivity contribution in [2.24, 2.45) is 5.73 Å². The maximum absolute atomic E-state index is 5.78. The second kappa shape index (κ2) is 8.29. The van der Waals surface area contributed by atoms with Gasteiger partial charge >= 0.3 is 0 Å². The van der Waals surface area contributed by atoms with Gasteiger partial charge in [0.1, 0.15) is 0 Å². The Balaban J connectivity index is 2.27. The highest BCUT2D eigenvalue weighted by Crippen LogP contribution is 2.10. The van der Waals surface area contributed by atoms with Crippen LogP contribution in [0.25, 0.3) is 0 Å². The van der Waals surface area contributed by atoms with Gasteiger partial charge in [0.15, 0.2) is 0 Å². The van der Waals surface area contributed by atoms with E-state index in [1.807, 2.05) is 11.8 Å². The Kier molecular flexibility index (Phi) is 7.43. The van der Waals surface area contributed by atoms with Crippen LogP contribution in [0.4, 0.5) is 0 Å². The first-order valence-corrected chi connectivity index (χ1v) is 8.24. The second-order valence-electron chi connectivity index (χ2n) is 4.55. The maximum atomic E-state index is 5.78. The Morgan fingerprint density at radius 3 is 2.47 bits per heavy atom. The normalized spacial score (nSPS) is 20.4. The number of rotatable bonds is 7. The number of thiocarbonyl (C=S) groups is 1. The summed E-state index contributed by atoms with van der Waals surface area (Å²) >= 11 is 7.06. The number of nitrogens with zero attached hydrogens (tertiary/aromatic N) is 2. The fraction of sp³-hybridized carbons (Fsp3) is 0.917. The molecule has 1 aliphatic rings. The van der Waals surface area contributed by atoms with Gasteiger partial charge in [-0.05, 0) is 31.4 Å². The van der Waals surface area contributed by atoms with E-state index in [1.165, 1.54) is 18.7 Å². The van der Waals surface area contributed by atoms with Gasteiger partial charge in [0.2, 0.25) is 0 Å². The Morgan fingerprint density at radius 2 is 2.00 bits per heavy atom. The summed E-state index contributed by atoms with van der Waals surface area (Å²) in [5, 5.41) is 0. The molecule has 1 fully saturated rings. The molecule has 0 aliphatic carbocycles. The average Bonchev–Trinajstić information content (AvgIpc) is 2.32. The van der Waals surface area contributed by atoms with Crippen LogP contribution in [0.3, 0.4) is 0 Å². The first kappa shape index (κ1) is 15.2. The van der Waals surface area contributed by atoms with Crippen molar-refractivity contribution in [2.75, 3.05) is 44.7 Å². The van der Waals surface area contributed by atoms with E-state index in [1.54, 1.807) is 0 Å². The van der Waals surface area contributed by atoms with E-state index in [0.29, 0.717) is 11.0 Å². The van der Waals surface area contributed by atoms with Crippen molar-refractivity contribution in [3.8, 4) is 0 Å². The predicted molar refractivity (Wildman–Crippen MR) is 81.9 cm³/mol. The summed E-state index contributed by atoms with van der Waals surface area (Å²) in [5.74, 6) is 1.27. The number of piperazine rings is 1. The number of nitrogens with two attached hydrogens (primary N) is 1. The topological polar surface area (TPSA) is 32.5 Å². The van der Waals surface area contributed by atoms with E-state index in [2.05, 4.69) is 23.0 Å². The fourth-order valence-electron chi connectivity index (χ4n) is 2.37. The molecule has 5 heteroatoms. The van der Waals surface area contributed by atoms with Crippen molar-refractivity contribution in [2.45, 2.75) is 25.8 Å². The third kappa shape index (κ3) is 5.12. The minimum atomic E-state index is 0.304. The molecule has 1 rings (SSSR count). The fourth-order valence-corrected chi connectivity index (χ4v) is 3.10. The minimum absolute atomic E-state index is 0.304. The second-order valence-corrected chi connectivity index (χ2v) is 6.01. The van der Waals surface area contributed by atoms with E-state index >= 15 is 0 Å². The van der Waals surface area contributed by atoms with E-state index < -0.39 is 0 Å². The highest BCUT2D eigenvalue weighted by Gasteiger charge is 2.23. The van der Waals surface area contributed by atoms with E-state index in [0.717, 1.165) is 32.6 Å². The van der Waals surface area contributed by atoms with Gasteiger partial charge in [-0.1, -0.05) is 19.1 Å². The van der Waals surface area contributed by atoms with Gasteiger partial charge in [0.05, 0.1) is 11.0 Å². The molecule has 2 N–H and O–H groups in total. The van der Waals surface area contributed by atoms with Crippen molar-refractivity contribution in [3.05, 3.63) is 0 Å². The first-order chi connectivity index (χ1) is 8.19. The van der Waals surface area contributed by atoms with Crippen LogP contribution in [-0.2, 0) is 0 Å². The molecule has 17 heavy (non-hydrogen) atoms. The zero-order valence-electron chi connectivity index (χ0n) is 11.0. The number of thioether (sulfide) groups is 1. The minimum Gasteiger partial charge on any atom is -0.392 e. The van der Waals surface area contributed by atoms with Gasteiger partial charge < -0.3 is 10.6 Å². The maximum Gasteiger partial charge on any atom is 0.0901 e. The molecule has 1 atom stereocenters. The molecule has 0 radical (unpaired) electrons. The van der Waals surface area contributed by atoms with E-state index in [-0.39, 0.29) is 0 Å². The number of hydrogen-bond donors (Lipinski definition) is 1. The zero-order valence-corrected chi connectivity index (χ0v) is 12.7. The highest BCUT2D eigenvalue weighted by atomic mass is 32.2. The quantitative estimate of drug-likeness (QED) is 0.561. The molecule has 0 aromatic rings. The molecule has 0 amide bonds. The number of hydrogen-bond acceptors (Lipinski definition) is 4. The summed E-state index contributed by atoms with van der Waals surface area (Å²) < 4.78 is 0. The van der Waals surface area contributed by atoms with Crippen LogP contribution in [0.2, 0.25) is 0 Å². The monoisotopic (exact) mass is 275 g/mol. The average molecular weight is 275 g/mol. The van der Waals surface area contributed by atoms with Gasteiger partial charge in [0.25, 0.3) is 0 Å². The van der Waals surface area contributed by atoms with Crippen LogP contribution in [0.5, 0.6) is 0 Å². The molecular formula is C12H25N3S2. The van der Waals surface area contributed by atoms with E-state index in [9.17, 15) is 0 Å². The van der Waals surface area contributed by atoms with Gasteiger partial charge in [-0.3, -0.25) is 4.90 Å². The van der Waals surface area contributed by atoms with E-state index in [4.69, 9.17) is 18.0 Å². The molecule has 0 aromatic heterocycles. The van der Waals surface area contributed by atoms with Crippen molar-refractivity contribution in [1.82, 2.24) is 9.80 Å². The predicted octanol–water partition coefficient (Wildman–Crippen LogP) is 1.42. The zero-order chi connectivity index (χ0) is 12.7. The van der Waals surface area contributed by atoms with Crippen LogP contribution < -0.4 is 5.73 Å². The lowest BCUT2D eigenvalue weighted by atomic mass is 10.1. The Bertz CT molecular complexity index is 228. The van der Waals surface area contributed by atoms with Gasteiger partial charge in [0, 0.05) is 26.2 Å². The molecule has 0 bridgehead atoms. The molecular weight excluding hydrogens is 250 g/mol. The molecule has 1 saturated heterocycles. The third-order valence-electron chi connectivity index (χ3n) is 3.39. The van der Waals surface area contributed by atoms with Gasteiger partial charge in [-0.15, -0.1) is 0 Å². The van der Waals surface area contributed by atoms with Gasteiger partial charge in [-0.25, -0.2) is 0 Å². The van der Waals surface area contributed by atoms with Crippen LogP contribution in [0, 0.1) is 0 Å². The molecule has 1 heterocycles. The molecule has 0 spiro atoms. The Morgan fingerprint density at radius 1 is 1.35 bits per heavy atom. The smallest absolute Gasteiger partial charge is 0.0901 e. The summed E-state index contributed by atoms with van der Waals surface area (Å²) in [6, 6.07) is 0.304. The SMILES string of the molecule is CCC(C(N)=S)N1CCN(CCCSC)CC1. The Hall–Kier alpha value is 0.160. The molecule has 0 saturated carbocycles. The molecule has 1 unspecified atom stereocenters. The van der Waals surface area contributed by atoms with Crippen molar-refractivity contribution >= 4 is 29.0 Å². The van der Waals surface area contributed by atoms with Crippen molar-refractivity contribution < 1.29 is 0 Å². The van der Waals surface area contributed by atoms with Crippen molar-refractivity contribution in [1.29, 1.82) is 0 Å². The Labute approximate surface area is 115 Å². The van der Waals surface area contributed by atoms with Crippen LogP contribution in [0.15, 0.2) is 0 Å². The van der Waals surface area contributed by atoms with Crippen LogP contribution in [0.1, 0.15) is 19.8 Å².